The number of esters is 1. The number of aliphatic hydroxyl groups excluding tert-OH is 1. The van der Waals surface area contributed by atoms with E-state index in [1.807, 2.05) is 19.1 Å². The Kier molecular flexibility index (Phi) is 14.3. The van der Waals surface area contributed by atoms with Crippen molar-refractivity contribution in [2.24, 2.45) is 0 Å². The van der Waals surface area contributed by atoms with Crippen molar-refractivity contribution in [2.75, 3.05) is 20.8 Å². The molecule has 0 saturated carbocycles. The summed E-state index contributed by atoms with van der Waals surface area (Å²) in [5, 5.41) is 10.9. The van der Waals surface area contributed by atoms with Crippen LogP contribution in [0.3, 0.4) is 0 Å². The topological polar surface area (TPSA) is 74.2 Å². The molecule has 0 radical (unpaired) electrons. The maximum atomic E-state index is 12.6. The first-order chi connectivity index (χ1) is 18.0. The van der Waals surface area contributed by atoms with Crippen LogP contribution in [-0.2, 0) is 4.79 Å². The summed E-state index contributed by atoms with van der Waals surface area (Å²) in [7, 11) is 3.18. The van der Waals surface area contributed by atoms with Gasteiger partial charge in [0.15, 0.2) is 0 Å². The van der Waals surface area contributed by atoms with Crippen LogP contribution >= 0.6 is 0 Å². The smallest absolute Gasteiger partial charge is 0.311 e. The number of hydrogen-bond acceptors (Lipinski definition) is 6. The van der Waals surface area contributed by atoms with Gasteiger partial charge in [0.2, 0.25) is 0 Å². The van der Waals surface area contributed by atoms with Crippen LogP contribution in [0.5, 0.6) is 23.0 Å². The first kappa shape index (κ1) is 30.2. The van der Waals surface area contributed by atoms with Crippen molar-refractivity contribution in [3.63, 3.8) is 0 Å². The van der Waals surface area contributed by atoms with Crippen LogP contribution < -0.4 is 18.9 Å². The van der Waals surface area contributed by atoms with Gasteiger partial charge in [0, 0.05) is 29.7 Å². The van der Waals surface area contributed by atoms with E-state index in [-0.39, 0.29) is 5.97 Å². The van der Waals surface area contributed by atoms with E-state index in [2.05, 4.69) is 6.92 Å². The quantitative estimate of drug-likeness (QED) is 0.125. The average molecular weight is 513 g/mol. The van der Waals surface area contributed by atoms with Gasteiger partial charge in [-0.2, -0.15) is 0 Å². The Hall–Kier alpha value is -2.99. The SMILES string of the molecule is CCCCCCCCCCCC(=O)Oc1cc(OCC)ccc1C(O)C=Cc1ccc(OC)cc1OC. The Bertz CT molecular complexity index is 968. The lowest BCUT2D eigenvalue weighted by Gasteiger charge is -2.15. The Balaban J connectivity index is 1.99. The summed E-state index contributed by atoms with van der Waals surface area (Å²) in [6.07, 6.45) is 13.4. The third-order valence-electron chi connectivity index (χ3n) is 6.22. The number of hydrogen-bond donors (Lipinski definition) is 1. The lowest BCUT2D eigenvalue weighted by molar-refractivity contribution is -0.134. The molecular weight excluding hydrogens is 468 g/mol. The molecule has 6 heteroatoms. The molecule has 204 valence electrons. The van der Waals surface area contributed by atoms with Crippen LogP contribution in [0.1, 0.15) is 95.3 Å². The van der Waals surface area contributed by atoms with Crippen molar-refractivity contribution in [3.05, 3.63) is 53.6 Å². The number of carbonyl (C=O) groups excluding carboxylic acids is 1. The number of carbonyl (C=O) groups is 1. The van der Waals surface area contributed by atoms with Crippen molar-refractivity contribution in [1.82, 2.24) is 0 Å². The van der Waals surface area contributed by atoms with Gasteiger partial charge >= 0.3 is 5.97 Å². The van der Waals surface area contributed by atoms with Gasteiger partial charge in [0.25, 0.3) is 0 Å². The summed E-state index contributed by atoms with van der Waals surface area (Å²) < 4.78 is 22.0. The second kappa shape index (κ2) is 17.5. The van der Waals surface area contributed by atoms with Gasteiger partial charge in [-0.1, -0.05) is 70.4 Å². The van der Waals surface area contributed by atoms with Crippen LogP contribution in [-0.4, -0.2) is 31.9 Å². The first-order valence-electron chi connectivity index (χ1n) is 13.6. The molecule has 0 saturated heterocycles. The average Bonchev–Trinajstić information content (AvgIpc) is 2.91. The minimum Gasteiger partial charge on any atom is -0.497 e. The Morgan fingerprint density at radius 2 is 1.49 bits per heavy atom. The van der Waals surface area contributed by atoms with Crippen LogP contribution in [0.4, 0.5) is 0 Å². The lowest BCUT2D eigenvalue weighted by atomic mass is 10.1. The van der Waals surface area contributed by atoms with Crippen LogP contribution in [0.25, 0.3) is 6.08 Å². The highest BCUT2D eigenvalue weighted by Gasteiger charge is 2.16. The fraction of sp³-hybridized carbons (Fsp3) is 0.516. The summed E-state index contributed by atoms with van der Waals surface area (Å²) in [5.41, 5.74) is 1.28. The van der Waals surface area contributed by atoms with Crippen molar-refractivity contribution in [3.8, 4) is 23.0 Å². The highest BCUT2D eigenvalue weighted by molar-refractivity contribution is 5.73. The zero-order valence-corrected chi connectivity index (χ0v) is 23.0. The first-order valence-corrected chi connectivity index (χ1v) is 13.6. The van der Waals surface area contributed by atoms with E-state index in [0.717, 1.165) is 24.8 Å². The molecule has 0 spiro atoms. The molecule has 0 heterocycles. The zero-order valence-electron chi connectivity index (χ0n) is 23.0. The molecule has 6 nitrogen and oxygen atoms in total. The molecule has 2 rings (SSSR count). The van der Waals surface area contributed by atoms with Gasteiger partial charge in [-0.05, 0) is 37.6 Å². The van der Waals surface area contributed by atoms with Gasteiger partial charge in [-0.15, -0.1) is 0 Å². The standard InChI is InChI=1S/C31H44O6/c1-5-7-8-9-10-11-12-13-14-15-31(33)37-30-23-26(36-6-2)19-20-27(30)28(32)21-17-24-16-18-25(34-3)22-29(24)35-4/h16-23,28,32H,5-15H2,1-4H3. The molecule has 0 aliphatic carbocycles. The molecule has 0 fully saturated rings. The minimum absolute atomic E-state index is 0.300. The zero-order chi connectivity index (χ0) is 26.9. The van der Waals surface area contributed by atoms with E-state index in [0.29, 0.717) is 41.6 Å². The highest BCUT2D eigenvalue weighted by atomic mass is 16.5. The summed E-state index contributed by atoms with van der Waals surface area (Å²) in [5.74, 6) is 1.91. The van der Waals surface area contributed by atoms with Crippen molar-refractivity contribution < 1.29 is 28.8 Å². The van der Waals surface area contributed by atoms with Gasteiger partial charge in [-0.25, -0.2) is 0 Å². The lowest BCUT2D eigenvalue weighted by Crippen LogP contribution is -2.10. The number of unbranched alkanes of at least 4 members (excludes halogenated alkanes) is 8. The third kappa shape index (κ3) is 10.9. The maximum Gasteiger partial charge on any atom is 0.311 e. The maximum absolute atomic E-state index is 12.6. The predicted octanol–water partition coefficient (Wildman–Crippen LogP) is 7.68. The van der Waals surface area contributed by atoms with Crippen LogP contribution in [0.15, 0.2) is 42.5 Å². The molecule has 1 N–H and O–H groups in total. The van der Waals surface area contributed by atoms with E-state index in [1.54, 1.807) is 50.6 Å². The van der Waals surface area contributed by atoms with Crippen molar-refractivity contribution in [2.45, 2.75) is 84.2 Å². The number of rotatable bonds is 18. The van der Waals surface area contributed by atoms with E-state index < -0.39 is 6.10 Å². The monoisotopic (exact) mass is 512 g/mol. The molecule has 1 unspecified atom stereocenters. The van der Waals surface area contributed by atoms with Gasteiger partial charge in [0.05, 0.1) is 20.8 Å². The Morgan fingerprint density at radius 1 is 0.838 bits per heavy atom. The fourth-order valence-electron chi connectivity index (χ4n) is 4.11. The minimum atomic E-state index is -0.988. The van der Waals surface area contributed by atoms with E-state index in [4.69, 9.17) is 18.9 Å². The second-order valence-electron chi connectivity index (χ2n) is 9.10. The second-order valence-corrected chi connectivity index (χ2v) is 9.10. The van der Waals surface area contributed by atoms with E-state index in [9.17, 15) is 9.90 Å². The molecule has 0 bridgehead atoms. The number of benzene rings is 2. The third-order valence-corrected chi connectivity index (χ3v) is 6.22. The van der Waals surface area contributed by atoms with E-state index >= 15 is 0 Å². The molecule has 0 amide bonds. The fourth-order valence-corrected chi connectivity index (χ4v) is 4.11. The normalized spacial score (nSPS) is 11.9. The Morgan fingerprint density at radius 3 is 2.14 bits per heavy atom. The van der Waals surface area contributed by atoms with Gasteiger partial charge in [0.1, 0.15) is 29.1 Å². The molecule has 1 atom stereocenters. The molecule has 0 aliphatic rings. The van der Waals surface area contributed by atoms with Crippen LogP contribution in [0, 0.1) is 0 Å². The number of ether oxygens (including phenoxy) is 4. The Labute approximate surface area is 222 Å². The predicted molar refractivity (Wildman–Crippen MR) is 149 cm³/mol. The molecule has 2 aromatic carbocycles. The number of aliphatic hydroxyl groups is 1. The van der Waals surface area contributed by atoms with Gasteiger partial charge in [-0.3, -0.25) is 4.79 Å². The summed E-state index contributed by atoms with van der Waals surface area (Å²) in [6, 6.07) is 10.6. The van der Waals surface area contributed by atoms with E-state index in [1.165, 1.54) is 38.5 Å². The molecule has 2 aromatic rings. The van der Waals surface area contributed by atoms with Crippen molar-refractivity contribution >= 4 is 12.0 Å². The molecule has 0 aromatic heterocycles. The molecular formula is C31H44O6. The summed E-state index contributed by atoms with van der Waals surface area (Å²) in [4.78, 5) is 12.6. The van der Waals surface area contributed by atoms with Crippen molar-refractivity contribution in [1.29, 1.82) is 0 Å². The summed E-state index contributed by atoms with van der Waals surface area (Å²) in [6.45, 7) is 4.61. The number of methoxy groups -OCH3 is 2. The van der Waals surface area contributed by atoms with Gasteiger partial charge < -0.3 is 24.1 Å². The van der Waals surface area contributed by atoms with Crippen LogP contribution in [0.2, 0.25) is 0 Å². The highest BCUT2D eigenvalue weighted by Crippen LogP contribution is 2.32. The molecule has 37 heavy (non-hydrogen) atoms. The summed E-state index contributed by atoms with van der Waals surface area (Å²) >= 11 is 0. The largest absolute Gasteiger partial charge is 0.497 e. The molecule has 0 aliphatic heterocycles.